The SMILES string of the molecule is CC(C)(C)OC(=O)N1CCC(F)(CN2CC=Cc3ccccc32)CC1. The van der Waals surface area contributed by atoms with Gasteiger partial charge in [-0.25, -0.2) is 9.18 Å². The van der Waals surface area contributed by atoms with Gasteiger partial charge in [-0.3, -0.25) is 0 Å². The molecule has 136 valence electrons. The Morgan fingerprint density at radius 2 is 1.92 bits per heavy atom. The first-order valence-electron chi connectivity index (χ1n) is 8.93. The number of anilines is 1. The van der Waals surface area contributed by atoms with Gasteiger partial charge in [0.15, 0.2) is 0 Å². The highest BCUT2D eigenvalue weighted by molar-refractivity contribution is 5.71. The van der Waals surface area contributed by atoms with E-state index < -0.39 is 11.3 Å². The maximum absolute atomic E-state index is 15.4. The van der Waals surface area contributed by atoms with Gasteiger partial charge in [0.05, 0.1) is 6.54 Å². The minimum atomic E-state index is -1.28. The van der Waals surface area contributed by atoms with Crippen LogP contribution in [0, 0.1) is 0 Å². The maximum Gasteiger partial charge on any atom is 0.410 e. The standard InChI is InChI=1S/C20H27FN2O2/c1-19(2,3)25-18(24)22-13-10-20(21,11-14-22)15-23-12-6-8-16-7-4-5-9-17(16)23/h4-9H,10-15H2,1-3H3. The lowest BCUT2D eigenvalue weighted by atomic mass is 9.92. The highest BCUT2D eigenvalue weighted by Gasteiger charge is 2.39. The molecule has 0 aliphatic carbocycles. The van der Waals surface area contributed by atoms with E-state index in [0.717, 1.165) is 17.8 Å². The van der Waals surface area contributed by atoms with E-state index in [1.165, 1.54) is 0 Å². The van der Waals surface area contributed by atoms with E-state index in [1.807, 2.05) is 45.0 Å². The number of ether oxygens (including phenoxy) is 1. The van der Waals surface area contributed by atoms with Gasteiger partial charge in [-0.15, -0.1) is 0 Å². The Kier molecular flexibility index (Phi) is 4.76. The molecule has 1 aromatic rings. The predicted molar refractivity (Wildman–Crippen MR) is 98.6 cm³/mol. The van der Waals surface area contributed by atoms with E-state index in [9.17, 15) is 4.79 Å². The normalized spacial score (nSPS) is 19.5. The van der Waals surface area contributed by atoms with Crippen molar-refractivity contribution in [2.24, 2.45) is 0 Å². The third kappa shape index (κ3) is 4.33. The van der Waals surface area contributed by atoms with Crippen LogP contribution in [-0.2, 0) is 4.74 Å². The molecule has 0 aromatic heterocycles. The molecule has 25 heavy (non-hydrogen) atoms. The van der Waals surface area contributed by atoms with Crippen molar-refractivity contribution in [2.75, 3.05) is 31.1 Å². The number of para-hydroxylation sites is 1. The number of carbonyl (C=O) groups excluding carboxylic acids is 1. The number of amides is 1. The number of carbonyl (C=O) groups is 1. The number of likely N-dealkylation sites (tertiary alicyclic amines) is 1. The van der Waals surface area contributed by atoms with Gasteiger partial charge in [-0.2, -0.15) is 0 Å². The lowest BCUT2D eigenvalue weighted by Crippen LogP contribution is -2.51. The molecule has 1 amide bonds. The second-order valence-corrected chi connectivity index (χ2v) is 7.96. The van der Waals surface area contributed by atoms with Gasteiger partial charge in [-0.1, -0.05) is 30.4 Å². The fourth-order valence-electron chi connectivity index (χ4n) is 3.39. The molecular formula is C20H27FN2O2. The Morgan fingerprint density at radius 1 is 1.24 bits per heavy atom. The summed E-state index contributed by atoms with van der Waals surface area (Å²) in [5, 5.41) is 0. The zero-order valence-corrected chi connectivity index (χ0v) is 15.3. The van der Waals surface area contributed by atoms with Crippen molar-refractivity contribution in [1.82, 2.24) is 4.90 Å². The highest BCUT2D eigenvalue weighted by Crippen LogP contribution is 2.33. The van der Waals surface area contributed by atoms with E-state index in [0.29, 0.717) is 32.5 Å². The summed E-state index contributed by atoms with van der Waals surface area (Å²) in [4.78, 5) is 15.9. The molecule has 4 nitrogen and oxygen atoms in total. The molecule has 0 spiro atoms. The number of piperidine rings is 1. The summed E-state index contributed by atoms with van der Waals surface area (Å²) in [6, 6.07) is 8.07. The van der Waals surface area contributed by atoms with E-state index in [4.69, 9.17) is 4.74 Å². The minimum Gasteiger partial charge on any atom is -0.444 e. The third-order valence-electron chi connectivity index (χ3n) is 4.69. The monoisotopic (exact) mass is 346 g/mol. The molecule has 0 saturated carbocycles. The first kappa shape index (κ1) is 17.8. The van der Waals surface area contributed by atoms with Crippen LogP contribution < -0.4 is 4.90 Å². The summed E-state index contributed by atoms with van der Waals surface area (Å²) in [7, 11) is 0. The maximum atomic E-state index is 15.4. The van der Waals surface area contributed by atoms with Gasteiger partial charge in [0, 0.05) is 38.2 Å². The molecule has 2 aliphatic heterocycles. The zero-order valence-electron chi connectivity index (χ0n) is 15.3. The van der Waals surface area contributed by atoms with Crippen LogP contribution in [0.15, 0.2) is 30.3 Å². The number of rotatable bonds is 2. The van der Waals surface area contributed by atoms with Gasteiger partial charge in [0.25, 0.3) is 0 Å². The Labute approximate surface area is 149 Å². The Morgan fingerprint density at radius 3 is 2.60 bits per heavy atom. The van der Waals surface area contributed by atoms with Crippen molar-refractivity contribution in [2.45, 2.75) is 44.9 Å². The summed E-state index contributed by atoms with van der Waals surface area (Å²) < 4.78 is 20.8. The molecule has 3 rings (SSSR count). The second-order valence-electron chi connectivity index (χ2n) is 7.96. The lowest BCUT2D eigenvalue weighted by Gasteiger charge is -2.40. The van der Waals surface area contributed by atoms with E-state index in [1.54, 1.807) is 4.90 Å². The van der Waals surface area contributed by atoms with Crippen LogP contribution in [0.4, 0.5) is 14.9 Å². The van der Waals surface area contributed by atoms with Crippen LogP contribution >= 0.6 is 0 Å². The predicted octanol–water partition coefficient (Wildman–Crippen LogP) is 4.26. The molecule has 0 N–H and O–H groups in total. The smallest absolute Gasteiger partial charge is 0.410 e. The highest BCUT2D eigenvalue weighted by atomic mass is 19.1. The number of halogens is 1. The summed E-state index contributed by atoms with van der Waals surface area (Å²) >= 11 is 0. The van der Waals surface area contributed by atoms with Crippen LogP contribution in [0.2, 0.25) is 0 Å². The summed E-state index contributed by atoms with van der Waals surface area (Å²) in [5.74, 6) is 0. The first-order valence-corrected chi connectivity index (χ1v) is 8.93. The second kappa shape index (κ2) is 6.70. The molecule has 1 aromatic carbocycles. The van der Waals surface area contributed by atoms with Gasteiger partial charge >= 0.3 is 6.09 Å². The number of hydrogen-bond acceptors (Lipinski definition) is 3. The number of hydrogen-bond donors (Lipinski definition) is 0. The fourth-order valence-corrected chi connectivity index (χ4v) is 3.39. The lowest BCUT2D eigenvalue weighted by molar-refractivity contribution is 0.00479. The molecule has 5 heteroatoms. The zero-order chi connectivity index (χ0) is 18.1. The van der Waals surface area contributed by atoms with Crippen LogP contribution in [0.3, 0.4) is 0 Å². The molecule has 0 bridgehead atoms. The van der Waals surface area contributed by atoms with Crippen molar-refractivity contribution < 1.29 is 13.9 Å². The van der Waals surface area contributed by atoms with E-state index >= 15 is 4.39 Å². The first-order chi connectivity index (χ1) is 11.8. The Hall–Kier alpha value is -2.04. The fraction of sp³-hybridized carbons (Fsp3) is 0.550. The van der Waals surface area contributed by atoms with Gasteiger partial charge in [0.2, 0.25) is 0 Å². The average Bonchev–Trinajstić information content (AvgIpc) is 2.54. The van der Waals surface area contributed by atoms with Crippen molar-refractivity contribution in [3.63, 3.8) is 0 Å². The molecule has 0 unspecified atom stereocenters. The van der Waals surface area contributed by atoms with E-state index in [-0.39, 0.29) is 6.09 Å². The number of alkyl halides is 1. The Bertz CT molecular complexity index is 658. The largest absolute Gasteiger partial charge is 0.444 e. The topological polar surface area (TPSA) is 32.8 Å². The molecule has 1 fully saturated rings. The van der Waals surface area contributed by atoms with Crippen molar-refractivity contribution in [1.29, 1.82) is 0 Å². The van der Waals surface area contributed by atoms with E-state index in [2.05, 4.69) is 17.1 Å². The van der Waals surface area contributed by atoms with Gasteiger partial charge < -0.3 is 14.5 Å². The van der Waals surface area contributed by atoms with Gasteiger partial charge in [0.1, 0.15) is 11.3 Å². The van der Waals surface area contributed by atoms with Crippen molar-refractivity contribution >= 4 is 17.9 Å². The van der Waals surface area contributed by atoms with Crippen molar-refractivity contribution in [3.8, 4) is 0 Å². The van der Waals surface area contributed by atoms with Crippen LogP contribution in [0.25, 0.3) is 6.08 Å². The summed E-state index contributed by atoms with van der Waals surface area (Å²) in [6.45, 7) is 7.41. The minimum absolute atomic E-state index is 0.342. The molecular weight excluding hydrogens is 319 g/mol. The van der Waals surface area contributed by atoms with Crippen LogP contribution in [0.1, 0.15) is 39.2 Å². The number of fused-ring (bicyclic) bond motifs is 1. The number of benzene rings is 1. The average molecular weight is 346 g/mol. The third-order valence-corrected chi connectivity index (χ3v) is 4.69. The van der Waals surface area contributed by atoms with Crippen LogP contribution in [0.5, 0.6) is 0 Å². The van der Waals surface area contributed by atoms with Crippen LogP contribution in [-0.4, -0.2) is 48.4 Å². The molecule has 1 saturated heterocycles. The number of nitrogens with zero attached hydrogens (tertiary/aromatic N) is 2. The van der Waals surface area contributed by atoms with Gasteiger partial charge in [-0.05, 0) is 32.4 Å². The molecule has 0 atom stereocenters. The Balaban J connectivity index is 1.60. The molecule has 2 heterocycles. The van der Waals surface area contributed by atoms with Crippen molar-refractivity contribution in [3.05, 3.63) is 35.9 Å². The summed E-state index contributed by atoms with van der Waals surface area (Å²) in [6.07, 6.45) is 4.49. The summed E-state index contributed by atoms with van der Waals surface area (Å²) in [5.41, 5.74) is 0.405. The quantitative estimate of drug-likeness (QED) is 0.802. The molecule has 2 aliphatic rings. The molecule has 0 radical (unpaired) electrons.